The van der Waals surface area contributed by atoms with E-state index in [1.165, 1.54) is 0 Å². The third-order valence-electron chi connectivity index (χ3n) is 4.13. The fraction of sp³-hybridized carbons (Fsp3) is 0.0500. The van der Waals surface area contributed by atoms with Gasteiger partial charge in [-0.15, -0.1) is 0 Å². The Morgan fingerprint density at radius 1 is 1.15 bits per heavy atom. The number of carbonyl (C=O) groups excluding carboxylic acids is 1. The van der Waals surface area contributed by atoms with E-state index in [2.05, 4.69) is 20.7 Å². The van der Waals surface area contributed by atoms with Gasteiger partial charge >= 0.3 is 0 Å². The highest BCUT2D eigenvalue weighted by Crippen LogP contribution is 2.24. The zero-order valence-electron chi connectivity index (χ0n) is 14.1. The molecule has 0 aliphatic heterocycles. The van der Waals surface area contributed by atoms with E-state index < -0.39 is 0 Å². The summed E-state index contributed by atoms with van der Waals surface area (Å²) < 4.78 is 5.21. The second kappa shape index (κ2) is 6.68. The third kappa shape index (κ3) is 2.88. The maximum absolute atomic E-state index is 12.6. The molecule has 1 amide bonds. The summed E-state index contributed by atoms with van der Waals surface area (Å²) in [6, 6.07) is 17.3. The summed E-state index contributed by atoms with van der Waals surface area (Å²) in [6.07, 6.45) is 3.46. The van der Waals surface area contributed by atoms with E-state index in [0.717, 1.165) is 22.0 Å². The minimum Gasteiger partial charge on any atom is -0.361 e. The Morgan fingerprint density at radius 3 is 2.77 bits per heavy atom. The average molecular weight is 344 g/mol. The van der Waals surface area contributed by atoms with Crippen LogP contribution >= 0.6 is 0 Å². The monoisotopic (exact) mass is 344 g/mol. The summed E-state index contributed by atoms with van der Waals surface area (Å²) in [4.78, 5) is 15.7. The SMILES string of the molecule is Cc1onc(-c2ccccc2)c1C(=O)N/N=C\c1c[nH]c2ccccc12. The first kappa shape index (κ1) is 15.8. The fourth-order valence-electron chi connectivity index (χ4n) is 2.85. The summed E-state index contributed by atoms with van der Waals surface area (Å²) in [5, 5.41) is 9.13. The lowest BCUT2D eigenvalue weighted by Crippen LogP contribution is -2.18. The van der Waals surface area contributed by atoms with Gasteiger partial charge in [0.2, 0.25) is 0 Å². The second-order valence-corrected chi connectivity index (χ2v) is 5.82. The summed E-state index contributed by atoms with van der Waals surface area (Å²) in [7, 11) is 0. The number of fused-ring (bicyclic) bond motifs is 1. The third-order valence-corrected chi connectivity index (χ3v) is 4.13. The summed E-state index contributed by atoms with van der Waals surface area (Å²) in [5.74, 6) is 0.0855. The molecule has 0 saturated heterocycles. The molecule has 0 spiro atoms. The molecule has 0 saturated carbocycles. The van der Waals surface area contributed by atoms with Crippen molar-refractivity contribution < 1.29 is 9.32 Å². The van der Waals surface area contributed by atoms with Crippen molar-refractivity contribution in [3.8, 4) is 11.3 Å². The van der Waals surface area contributed by atoms with Crippen LogP contribution in [-0.2, 0) is 0 Å². The van der Waals surface area contributed by atoms with Crippen molar-refractivity contribution in [3.63, 3.8) is 0 Å². The van der Waals surface area contributed by atoms with E-state index in [4.69, 9.17) is 4.52 Å². The van der Waals surface area contributed by atoms with Gasteiger partial charge in [0.15, 0.2) is 0 Å². The maximum atomic E-state index is 12.6. The summed E-state index contributed by atoms with van der Waals surface area (Å²) in [6.45, 7) is 1.71. The highest BCUT2D eigenvalue weighted by molar-refractivity contribution is 6.02. The van der Waals surface area contributed by atoms with Gasteiger partial charge in [0.1, 0.15) is 17.0 Å². The molecule has 2 N–H and O–H groups in total. The molecule has 6 nitrogen and oxygen atoms in total. The van der Waals surface area contributed by atoms with Crippen molar-refractivity contribution in [2.45, 2.75) is 6.92 Å². The van der Waals surface area contributed by atoms with Crippen LogP contribution in [0.15, 0.2) is 70.4 Å². The standard InChI is InChI=1S/C20H16N4O2/c1-13-18(19(24-26-13)14-7-3-2-4-8-14)20(25)23-22-12-15-11-21-17-10-6-5-9-16(15)17/h2-12,21H,1H3,(H,23,25)/b22-12-. The smallest absolute Gasteiger partial charge is 0.277 e. The van der Waals surface area contributed by atoms with Crippen molar-refractivity contribution in [1.29, 1.82) is 0 Å². The first-order valence-electron chi connectivity index (χ1n) is 8.15. The van der Waals surface area contributed by atoms with Gasteiger partial charge in [0.05, 0.1) is 6.21 Å². The van der Waals surface area contributed by atoms with Gasteiger partial charge in [-0.3, -0.25) is 4.79 Å². The number of aryl methyl sites for hydroxylation is 1. The van der Waals surface area contributed by atoms with Crippen molar-refractivity contribution in [2.75, 3.05) is 0 Å². The Kier molecular flexibility index (Phi) is 4.07. The van der Waals surface area contributed by atoms with Gasteiger partial charge in [0, 0.05) is 28.2 Å². The Labute approximate surface area is 149 Å². The number of hydrogen-bond acceptors (Lipinski definition) is 4. The van der Waals surface area contributed by atoms with Crippen LogP contribution in [0.5, 0.6) is 0 Å². The molecule has 6 heteroatoms. The molecule has 2 heterocycles. The number of aromatic nitrogens is 2. The molecule has 0 aliphatic carbocycles. The fourth-order valence-corrected chi connectivity index (χ4v) is 2.85. The Balaban J connectivity index is 1.57. The number of nitrogens with zero attached hydrogens (tertiary/aromatic N) is 2. The number of benzene rings is 2. The zero-order chi connectivity index (χ0) is 17.9. The van der Waals surface area contributed by atoms with Gasteiger partial charge in [-0.25, -0.2) is 5.43 Å². The van der Waals surface area contributed by atoms with Gasteiger partial charge in [0.25, 0.3) is 5.91 Å². The van der Waals surface area contributed by atoms with E-state index in [-0.39, 0.29) is 5.91 Å². The molecular formula is C20H16N4O2. The number of rotatable bonds is 4. The van der Waals surface area contributed by atoms with E-state index in [9.17, 15) is 4.79 Å². The van der Waals surface area contributed by atoms with Crippen LogP contribution < -0.4 is 5.43 Å². The minimum atomic E-state index is -0.362. The molecule has 2 aromatic heterocycles. The zero-order valence-corrected chi connectivity index (χ0v) is 14.1. The second-order valence-electron chi connectivity index (χ2n) is 5.82. The number of amides is 1. The van der Waals surface area contributed by atoms with Crippen molar-refractivity contribution in [2.24, 2.45) is 5.10 Å². The molecular weight excluding hydrogens is 328 g/mol. The number of para-hydroxylation sites is 1. The van der Waals surface area contributed by atoms with Crippen LogP contribution in [0.3, 0.4) is 0 Å². The molecule has 0 radical (unpaired) electrons. The first-order chi connectivity index (χ1) is 12.7. The van der Waals surface area contributed by atoms with Crippen LogP contribution in [0.2, 0.25) is 0 Å². The first-order valence-corrected chi connectivity index (χ1v) is 8.15. The van der Waals surface area contributed by atoms with Crippen LogP contribution in [0.4, 0.5) is 0 Å². The van der Waals surface area contributed by atoms with Crippen LogP contribution in [0.1, 0.15) is 21.7 Å². The Morgan fingerprint density at radius 2 is 1.92 bits per heavy atom. The van der Waals surface area contributed by atoms with E-state index in [1.807, 2.05) is 60.8 Å². The van der Waals surface area contributed by atoms with E-state index >= 15 is 0 Å². The van der Waals surface area contributed by atoms with Crippen LogP contribution in [0.25, 0.3) is 22.2 Å². The normalized spacial score (nSPS) is 11.3. The maximum Gasteiger partial charge on any atom is 0.277 e. The molecule has 0 unspecified atom stereocenters. The Hall–Kier alpha value is -3.67. The number of nitrogens with one attached hydrogen (secondary N) is 2. The van der Waals surface area contributed by atoms with Crippen LogP contribution in [0, 0.1) is 6.92 Å². The number of hydrogen-bond donors (Lipinski definition) is 2. The number of aromatic amines is 1. The van der Waals surface area contributed by atoms with Crippen LogP contribution in [-0.4, -0.2) is 22.3 Å². The predicted octanol–water partition coefficient (Wildman–Crippen LogP) is 3.90. The molecule has 0 aliphatic rings. The molecule has 4 aromatic rings. The van der Waals surface area contributed by atoms with Crippen molar-refractivity contribution in [3.05, 3.63) is 77.7 Å². The van der Waals surface area contributed by atoms with Gasteiger partial charge < -0.3 is 9.51 Å². The lowest BCUT2D eigenvalue weighted by molar-refractivity contribution is 0.0954. The van der Waals surface area contributed by atoms with E-state index in [1.54, 1.807) is 13.1 Å². The number of H-pyrrole nitrogens is 1. The topological polar surface area (TPSA) is 83.3 Å². The lowest BCUT2D eigenvalue weighted by atomic mass is 10.1. The van der Waals surface area contributed by atoms with Gasteiger partial charge in [-0.05, 0) is 13.0 Å². The van der Waals surface area contributed by atoms with Gasteiger partial charge in [-0.1, -0.05) is 53.7 Å². The molecule has 26 heavy (non-hydrogen) atoms. The molecule has 0 atom stereocenters. The molecule has 2 aromatic carbocycles. The van der Waals surface area contributed by atoms with Gasteiger partial charge in [-0.2, -0.15) is 5.10 Å². The Bertz CT molecular complexity index is 1090. The largest absolute Gasteiger partial charge is 0.361 e. The minimum absolute atomic E-state index is 0.362. The van der Waals surface area contributed by atoms with Crippen molar-refractivity contribution >= 4 is 23.0 Å². The molecule has 128 valence electrons. The predicted molar refractivity (Wildman–Crippen MR) is 100 cm³/mol. The van der Waals surface area contributed by atoms with E-state index in [0.29, 0.717) is 17.0 Å². The molecule has 0 fully saturated rings. The average Bonchev–Trinajstić information content (AvgIpc) is 3.26. The summed E-state index contributed by atoms with van der Waals surface area (Å²) >= 11 is 0. The number of hydrazone groups is 1. The quantitative estimate of drug-likeness (QED) is 0.435. The summed E-state index contributed by atoms with van der Waals surface area (Å²) in [5.41, 5.74) is 6.16. The van der Waals surface area contributed by atoms with Crippen molar-refractivity contribution in [1.82, 2.24) is 15.6 Å². The number of carbonyl (C=O) groups is 1. The lowest BCUT2D eigenvalue weighted by Gasteiger charge is -2.01. The highest BCUT2D eigenvalue weighted by atomic mass is 16.5. The molecule has 0 bridgehead atoms. The molecule has 4 rings (SSSR count). The highest BCUT2D eigenvalue weighted by Gasteiger charge is 2.21.